The third-order valence-corrected chi connectivity index (χ3v) is 7.87. The van der Waals surface area contributed by atoms with Crippen molar-refractivity contribution in [3.8, 4) is 0 Å². The number of carbonyl (C=O) groups excluding carboxylic acids is 1. The van der Waals surface area contributed by atoms with E-state index in [0.717, 1.165) is 56.8 Å². The lowest BCUT2D eigenvalue weighted by Gasteiger charge is -2.35. The van der Waals surface area contributed by atoms with Crippen molar-refractivity contribution in [2.24, 2.45) is 7.05 Å². The van der Waals surface area contributed by atoms with Gasteiger partial charge in [-0.05, 0) is 42.0 Å². The molecular formula is C30H33Cl2N7O. The Balaban J connectivity index is 1.28. The van der Waals surface area contributed by atoms with Gasteiger partial charge < -0.3 is 15.2 Å². The summed E-state index contributed by atoms with van der Waals surface area (Å²) in [6.07, 6.45) is 11.8. The molecule has 1 aromatic carbocycles. The molecule has 1 atom stereocenters. The Hall–Kier alpha value is -3.30. The number of imidazole rings is 1. The number of fused-ring (bicyclic) bond motifs is 1. The third-order valence-electron chi connectivity index (χ3n) is 7.30. The monoisotopic (exact) mass is 577 g/mol. The van der Waals surface area contributed by atoms with Crippen LogP contribution in [0.3, 0.4) is 0 Å². The summed E-state index contributed by atoms with van der Waals surface area (Å²) in [5.74, 6) is 0.688. The van der Waals surface area contributed by atoms with Crippen LogP contribution in [0.4, 0.5) is 0 Å². The molecule has 10 heteroatoms. The van der Waals surface area contributed by atoms with E-state index >= 15 is 0 Å². The molecule has 0 bridgehead atoms. The van der Waals surface area contributed by atoms with Crippen LogP contribution in [0.15, 0.2) is 67.4 Å². The van der Waals surface area contributed by atoms with Gasteiger partial charge in [-0.2, -0.15) is 0 Å². The van der Waals surface area contributed by atoms with Gasteiger partial charge >= 0.3 is 0 Å². The van der Waals surface area contributed by atoms with Crippen molar-refractivity contribution < 1.29 is 4.79 Å². The molecule has 40 heavy (non-hydrogen) atoms. The highest BCUT2D eigenvalue weighted by Crippen LogP contribution is 2.33. The summed E-state index contributed by atoms with van der Waals surface area (Å²) in [4.78, 5) is 28.4. The molecule has 4 aromatic rings. The lowest BCUT2D eigenvalue weighted by atomic mass is 9.90. The maximum Gasteiger partial charge on any atom is 0.254 e. The molecule has 1 unspecified atom stereocenters. The van der Waals surface area contributed by atoms with Crippen molar-refractivity contribution in [3.05, 3.63) is 111 Å². The molecule has 5 rings (SSSR count). The van der Waals surface area contributed by atoms with E-state index < -0.39 is 0 Å². The van der Waals surface area contributed by atoms with Gasteiger partial charge in [0.05, 0.1) is 33.9 Å². The summed E-state index contributed by atoms with van der Waals surface area (Å²) >= 11 is 12.3. The van der Waals surface area contributed by atoms with Crippen LogP contribution in [0, 0.1) is 0 Å². The van der Waals surface area contributed by atoms with Crippen LogP contribution in [-0.4, -0.2) is 43.4 Å². The predicted octanol–water partition coefficient (Wildman–Crippen LogP) is 5.12. The van der Waals surface area contributed by atoms with Gasteiger partial charge in [0.15, 0.2) is 0 Å². The SMILES string of the molecule is Cn1ccnc1CNCCN(Cc1cccc(CNC(=O)c2c(Cl)cncc2Cl)c1)C1CCCc2cccnc21. The first-order valence-corrected chi connectivity index (χ1v) is 14.2. The molecule has 208 valence electrons. The van der Waals surface area contributed by atoms with E-state index in [1.807, 2.05) is 48.4 Å². The molecule has 0 radical (unpaired) electrons. The number of amides is 1. The van der Waals surface area contributed by atoms with Crippen molar-refractivity contribution in [2.75, 3.05) is 13.1 Å². The summed E-state index contributed by atoms with van der Waals surface area (Å²) in [5.41, 5.74) is 4.95. The lowest BCUT2D eigenvalue weighted by Crippen LogP contribution is -2.37. The summed E-state index contributed by atoms with van der Waals surface area (Å²) < 4.78 is 2.03. The van der Waals surface area contributed by atoms with Crippen LogP contribution in [0.2, 0.25) is 10.0 Å². The molecule has 3 heterocycles. The van der Waals surface area contributed by atoms with Gasteiger partial charge in [0.25, 0.3) is 5.91 Å². The second kappa shape index (κ2) is 13.4. The van der Waals surface area contributed by atoms with E-state index in [1.54, 1.807) is 0 Å². The number of aromatic nitrogens is 4. The smallest absolute Gasteiger partial charge is 0.254 e. The highest BCUT2D eigenvalue weighted by Gasteiger charge is 2.27. The Morgan fingerprint density at radius 2 is 1.90 bits per heavy atom. The van der Waals surface area contributed by atoms with E-state index in [-0.39, 0.29) is 27.6 Å². The molecule has 0 saturated carbocycles. The Kier molecular flexibility index (Phi) is 9.44. The van der Waals surface area contributed by atoms with Crippen LogP contribution >= 0.6 is 23.2 Å². The zero-order chi connectivity index (χ0) is 27.9. The van der Waals surface area contributed by atoms with Gasteiger partial charge in [-0.1, -0.05) is 53.5 Å². The molecule has 2 N–H and O–H groups in total. The van der Waals surface area contributed by atoms with E-state index in [4.69, 9.17) is 28.2 Å². The van der Waals surface area contributed by atoms with Crippen LogP contribution in [0.5, 0.6) is 0 Å². The molecular weight excluding hydrogens is 545 g/mol. The van der Waals surface area contributed by atoms with Gasteiger partial charge in [0.1, 0.15) is 5.82 Å². The normalized spacial score (nSPS) is 14.8. The van der Waals surface area contributed by atoms with Gasteiger partial charge in [-0.25, -0.2) is 4.98 Å². The first-order valence-electron chi connectivity index (χ1n) is 13.5. The number of pyridine rings is 2. The molecule has 0 saturated heterocycles. The summed E-state index contributed by atoms with van der Waals surface area (Å²) in [6.45, 7) is 3.55. The van der Waals surface area contributed by atoms with Crippen LogP contribution < -0.4 is 10.6 Å². The number of aryl methyl sites for hydroxylation is 2. The highest BCUT2D eigenvalue weighted by atomic mass is 35.5. The van der Waals surface area contributed by atoms with Crippen LogP contribution in [-0.2, 0) is 33.1 Å². The molecule has 8 nitrogen and oxygen atoms in total. The van der Waals surface area contributed by atoms with Gasteiger partial charge in [-0.15, -0.1) is 0 Å². The van der Waals surface area contributed by atoms with E-state index in [0.29, 0.717) is 6.54 Å². The lowest BCUT2D eigenvalue weighted by molar-refractivity contribution is 0.0951. The Morgan fingerprint density at radius 3 is 2.70 bits per heavy atom. The molecule has 1 aliphatic rings. The first kappa shape index (κ1) is 28.2. The molecule has 1 aliphatic carbocycles. The van der Waals surface area contributed by atoms with Gasteiger partial charge in [0.2, 0.25) is 0 Å². The summed E-state index contributed by atoms with van der Waals surface area (Å²) in [5, 5.41) is 6.95. The molecule has 3 aromatic heterocycles. The average molecular weight is 579 g/mol. The number of nitrogens with zero attached hydrogens (tertiary/aromatic N) is 5. The number of benzene rings is 1. The zero-order valence-corrected chi connectivity index (χ0v) is 24.0. The number of nitrogens with one attached hydrogen (secondary N) is 2. The number of halogens is 2. The Bertz CT molecular complexity index is 1440. The average Bonchev–Trinajstić information content (AvgIpc) is 3.37. The minimum absolute atomic E-state index is 0.229. The van der Waals surface area contributed by atoms with Crippen molar-refractivity contribution in [1.29, 1.82) is 0 Å². The van der Waals surface area contributed by atoms with E-state index in [9.17, 15) is 4.79 Å². The van der Waals surface area contributed by atoms with Crippen LogP contribution in [0.25, 0.3) is 0 Å². The zero-order valence-electron chi connectivity index (χ0n) is 22.5. The maximum atomic E-state index is 12.8. The summed E-state index contributed by atoms with van der Waals surface area (Å²) in [6, 6.07) is 12.8. The number of rotatable bonds is 11. The van der Waals surface area contributed by atoms with Gasteiger partial charge in [0, 0.05) is 64.2 Å². The van der Waals surface area contributed by atoms with Crippen LogP contribution in [0.1, 0.15) is 57.5 Å². The minimum atomic E-state index is -0.326. The largest absolute Gasteiger partial charge is 0.348 e. The predicted molar refractivity (Wildman–Crippen MR) is 157 cm³/mol. The standard InChI is InChI=1S/C30H33Cl2N7O/c1-38-13-12-35-27(38)19-33-11-14-39(26-9-3-7-23-8-4-10-36-29(23)26)20-22-6-2-5-21(15-22)16-37-30(40)28-24(31)17-34-18-25(28)32/h2,4-6,8,10,12-13,15,17-18,26,33H,3,7,9,11,14,16,19-20H2,1H3,(H,37,40). The second-order valence-corrected chi connectivity index (χ2v) is 10.9. The topological polar surface area (TPSA) is 88.0 Å². The summed E-state index contributed by atoms with van der Waals surface area (Å²) in [7, 11) is 2.01. The molecule has 1 amide bonds. The fourth-order valence-corrected chi connectivity index (χ4v) is 5.78. The van der Waals surface area contributed by atoms with E-state index in [2.05, 4.69) is 43.7 Å². The maximum absolute atomic E-state index is 12.8. The van der Waals surface area contributed by atoms with E-state index in [1.165, 1.54) is 29.2 Å². The highest BCUT2D eigenvalue weighted by molar-refractivity contribution is 6.39. The fourth-order valence-electron chi connectivity index (χ4n) is 5.25. The number of hydrogen-bond donors (Lipinski definition) is 2. The Morgan fingerprint density at radius 1 is 1.07 bits per heavy atom. The number of hydrogen-bond acceptors (Lipinski definition) is 6. The number of carbonyl (C=O) groups is 1. The van der Waals surface area contributed by atoms with Gasteiger partial charge in [-0.3, -0.25) is 19.7 Å². The second-order valence-electron chi connectivity index (χ2n) is 10.0. The quantitative estimate of drug-likeness (QED) is 0.241. The minimum Gasteiger partial charge on any atom is -0.348 e. The molecule has 0 aliphatic heterocycles. The van der Waals surface area contributed by atoms with Crippen molar-refractivity contribution in [3.63, 3.8) is 0 Å². The first-order chi connectivity index (χ1) is 19.5. The van der Waals surface area contributed by atoms with Crippen molar-refractivity contribution in [2.45, 2.75) is 44.9 Å². The third kappa shape index (κ3) is 6.88. The van der Waals surface area contributed by atoms with Crippen molar-refractivity contribution >= 4 is 29.1 Å². The molecule has 0 spiro atoms. The Labute approximate surface area is 244 Å². The van der Waals surface area contributed by atoms with Crippen molar-refractivity contribution in [1.82, 2.24) is 35.1 Å². The molecule has 0 fully saturated rings. The fraction of sp³-hybridized carbons (Fsp3) is 0.333.